The molecule has 1 aliphatic rings. The third-order valence-electron chi connectivity index (χ3n) is 3.10. The summed E-state index contributed by atoms with van der Waals surface area (Å²) in [6.45, 7) is 2.42. The number of amides is 1. The van der Waals surface area contributed by atoms with Gasteiger partial charge in [-0.3, -0.25) is 4.79 Å². The molecule has 86 valence electrons. The van der Waals surface area contributed by atoms with E-state index in [1.165, 1.54) is 5.56 Å². The molecule has 1 saturated carbocycles. The minimum atomic E-state index is 0.0736. The van der Waals surface area contributed by atoms with E-state index in [1.54, 1.807) is 0 Å². The van der Waals surface area contributed by atoms with Crippen LogP contribution in [0.4, 0.5) is 0 Å². The lowest BCUT2D eigenvalue weighted by Crippen LogP contribution is -2.38. The Kier molecular flexibility index (Phi) is 3.25. The van der Waals surface area contributed by atoms with Crippen LogP contribution in [0.5, 0.6) is 0 Å². The molecule has 0 saturated heterocycles. The fourth-order valence-corrected chi connectivity index (χ4v) is 1.96. The van der Waals surface area contributed by atoms with Crippen molar-refractivity contribution in [1.82, 2.24) is 5.32 Å². The maximum absolute atomic E-state index is 11.8. The number of benzene rings is 1. The van der Waals surface area contributed by atoms with Gasteiger partial charge in [-0.15, -0.1) is 0 Å². The molecule has 0 aliphatic heterocycles. The Labute approximate surface area is 96.0 Å². The number of nitrogens with one attached hydrogen (secondary N) is 1. The highest BCUT2D eigenvalue weighted by Gasteiger charge is 2.43. The van der Waals surface area contributed by atoms with Gasteiger partial charge in [-0.05, 0) is 24.8 Å². The molecule has 1 aromatic carbocycles. The summed E-state index contributed by atoms with van der Waals surface area (Å²) in [5.41, 5.74) is 6.74. The smallest absolute Gasteiger partial charge is 0.224 e. The van der Waals surface area contributed by atoms with Crippen LogP contribution in [0.3, 0.4) is 0 Å². The Morgan fingerprint density at radius 3 is 2.81 bits per heavy atom. The molecule has 16 heavy (non-hydrogen) atoms. The van der Waals surface area contributed by atoms with E-state index in [0.29, 0.717) is 12.5 Å². The highest BCUT2D eigenvalue weighted by atomic mass is 16.2. The van der Waals surface area contributed by atoms with Crippen LogP contribution >= 0.6 is 0 Å². The van der Waals surface area contributed by atoms with E-state index in [0.717, 1.165) is 6.42 Å². The van der Waals surface area contributed by atoms with Gasteiger partial charge < -0.3 is 11.1 Å². The number of rotatable bonds is 4. The molecule has 2 unspecified atom stereocenters. The van der Waals surface area contributed by atoms with Crippen molar-refractivity contribution in [2.24, 2.45) is 11.7 Å². The maximum atomic E-state index is 11.8. The summed E-state index contributed by atoms with van der Waals surface area (Å²) in [7, 11) is 0. The van der Waals surface area contributed by atoms with Gasteiger partial charge >= 0.3 is 0 Å². The SMILES string of the molecule is C[C@H](CN)NC(=O)C1CC1c1ccccc1. The van der Waals surface area contributed by atoms with Crippen molar-refractivity contribution in [3.8, 4) is 0 Å². The molecule has 3 nitrogen and oxygen atoms in total. The van der Waals surface area contributed by atoms with Gasteiger partial charge in [0.15, 0.2) is 0 Å². The molecule has 0 bridgehead atoms. The third kappa shape index (κ3) is 2.42. The van der Waals surface area contributed by atoms with Crippen molar-refractivity contribution in [2.75, 3.05) is 6.54 Å². The Bertz CT molecular complexity index is 363. The molecule has 0 aromatic heterocycles. The molecule has 0 radical (unpaired) electrons. The third-order valence-corrected chi connectivity index (χ3v) is 3.10. The molecular formula is C13H18N2O. The summed E-state index contributed by atoms with van der Waals surface area (Å²) in [6.07, 6.45) is 0.965. The number of nitrogens with two attached hydrogens (primary N) is 1. The summed E-state index contributed by atoms with van der Waals surface area (Å²) < 4.78 is 0. The Morgan fingerprint density at radius 2 is 2.19 bits per heavy atom. The van der Waals surface area contributed by atoms with Gasteiger partial charge in [0, 0.05) is 18.5 Å². The molecule has 3 N–H and O–H groups in total. The largest absolute Gasteiger partial charge is 0.352 e. The first-order valence-electron chi connectivity index (χ1n) is 5.77. The molecule has 0 spiro atoms. The first-order valence-corrected chi connectivity index (χ1v) is 5.77. The highest BCUT2D eigenvalue weighted by Crippen LogP contribution is 2.47. The molecule has 2 rings (SSSR count). The van der Waals surface area contributed by atoms with Crippen molar-refractivity contribution < 1.29 is 4.79 Å². The quantitative estimate of drug-likeness (QED) is 0.799. The highest BCUT2D eigenvalue weighted by molar-refractivity contribution is 5.83. The predicted octanol–water partition coefficient (Wildman–Crippen LogP) is 1.25. The number of carbonyl (C=O) groups excluding carboxylic acids is 1. The second kappa shape index (κ2) is 4.66. The minimum Gasteiger partial charge on any atom is -0.352 e. The van der Waals surface area contributed by atoms with Gasteiger partial charge in [0.05, 0.1) is 0 Å². The zero-order valence-corrected chi connectivity index (χ0v) is 9.52. The molecule has 3 atom stereocenters. The van der Waals surface area contributed by atoms with E-state index in [1.807, 2.05) is 25.1 Å². The molecule has 0 heterocycles. The predicted molar refractivity (Wildman–Crippen MR) is 63.9 cm³/mol. The summed E-state index contributed by atoms with van der Waals surface area (Å²) >= 11 is 0. The summed E-state index contributed by atoms with van der Waals surface area (Å²) in [5.74, 6) is 0.703. The molecule has 1 fully saturated rings. The van der Waals surface area contributed by atoms with Crippen LogP contribution in [0, 0.1) is 5.92 Å². The van der Waals surface area contributed by atoms with Gasteiger partial charge in [0.1, 0.15) is 0 Å². The Balaban J connectivity index is 1.89. The normalized spacial score (nSPS) is 24.9. The second-order valence-electron chi connectivity index (χ2n) is 4.50. The van der Waals surface area contributed by atoms with Crippen LogP contribution < -0.4 is 11.1 Å². The van der Waals surface area contributed by atoms with Crippen LogP contribution in [0.15, 0.2) is 30.3 Å². The van der Waals surface area contributed by atoms with Crippen molar-refractivity contribution in [2.45, 2.75) is 25.3 Å². The van der Waals surface area contributed by atoms with Gasteiger partial charge in [-0.25, -0.2) is 0 Å². The fourth-order valence-electron chi connectivity index (χ4n) is 1.96. The van der Waals surface area contributed by atoms with Crippen molar-refractivity contribution in [3.63, 3.8) is 0 Å². The molecule has 1 amide bonds. The monoisotopic (exact) mass is 218 g/mol. The number of hydrogen-bond donors (Lipinski definition) is 2. The van der Waals surface area contributed by atoms with E-state index < -0.39 is 0 Å². The van der Waals surface area contributed by atoms with Crippen LogP contribution in [0.25, 0.3) is 0 Å². The Hall–Kier alpha value is -1.35. The van der Waals surface area contributed by atoms with E-state index in [2.05, 4.69) is 17.4 Å². The van der Waals surface area contributed by atoms with Crippen molar-refractivity contribution in [1.29, 1.82) is 0 Å². The summed E-state index contributed by atoms with van der Waals surface area (Å²) in [6, 6.07) is 10.3. The first-order chi connectivity index (χ1) is 7.72. The lowest BCUT2D eigenvalue weighted by Gasteiger charge is -2.10. The Morgan fingerprint density at radius 1 is 1.50 bits per heavy atom. The van der Waals surface area contributed by atoms with Crippen LogP contribution in [-0.2, 0) is 4.79 Å². The minimum absolute atomic E-state index is 0.0736. The van der Waals surface area contributed by atoms with Gasteiger partial charge in [0.2, 0.25) is 5.91 Å². The van der Waals surface area contributed by atoms with Crippen LogP contribution in [-0.4, -0.2) is 18.5 Å². The van der Waals surface area contributed by atoms with E-state index in [9.17, 15) is 4.79 Å². The summed E-state index contributed by atoms with van der Waals surface area (Å²) in [4.78, 5) is 11.8. The fraction of sp³-hybridized carbons (Fsp3) is 0.462. The maximum Gasteiger partial charge on any atom is 0.224 e. The molecule has 1 aliphatic carbocycles. The van der Waals surface area contributed by atoms with Gasteiger partial charge in [-0.2, -0.15) is 0 Å². The van der Waals surface area contributed by atoms with Crippen LogP contribution in [0.2, 0.25) is 0 Å². The molecular weight excluding hydrogens is 200 g/mol. The lowest BCUT2D eigenvalue weighted by molar-refractivity contribution is -0.122. The average Bonchev–Trinajstić information content (AvgIpc) is 3.10. The molecule has 3 heteroatoms. The summed E-state index contributed by atoms with van der Waals surface area (Å²) in [5, 5.41) is 2.93. The van der Waals surface area contributed by atoms with Gasteiger partial charge in [-0.1, -0.05) is 30.3 Å². The first kappa shape index (κ1) is 11.1. The van der Waals surface area contributed by atoms with Crippen molar-refractivity contribution >= 4 is 5.91 Å². The van der Waals surface area contributed by atoms with Gasteiger partial charge in [0.25, 0.3) is 0 Å². The van der Waals surface area contributed by atoms with E-state index >= 15 is 0 Å². The zero-order chi connectivity index (χ0) is 11.5. The van der Waals surface area contributed by atoms with E-state index in [4.69, 9.17) is 5.73 Å². The standard InChI is InChI=1S/C13H18N2O/c1-9(8-14)15-13(16)12-7-11(12)10-5-3-2-4-6-10/h2-6,9,11-12H,7-8,14H2,1H3,(H,15,16)/t9-,11?,12?/m1/s1. The number of carbonyl (C=O) groups is 1. The number of hydrogen-bond acceptors (Lipinski definition) is 2. The van der Waals surface area contributed by atoms with E-state index in [-0.39, 0.29) is 17.9 Å². The van der Waals surface area contributed by atoms with Crippen LogP contribution in [0.1, 0.15) is 24.8 Å². The topological polar surface area (TPSA) is 55.1 Å². The average molecular weight is 218 g/mol. The molecule has 1 aromatic rings. The lowest BCUT2D eigenvalue weighted by atomic mass is 10.1. The zero-order valence-electron chi connectivity index (χ0n) is 9.52. The second-order valence-corrected chi connectivity index (χ2v) is 4.50. The van der Waals surface area contributed by atoms with Crippen molar-refractivity contribution in [3.05, 3.63) is 35.9 Å².